The van der Waals surface area contributed by atoms with Crippen molar-refractivity contribution in [1.29, 1.82) is 5.26 Å². The van der Waals surface area contributed by atoms with Gasteiger partial charge >= 0.3 is 11.7 Å². The number of nitrogens with one attached hydrogen (secondary N) is 1. The summed E-state index contributed by atoms with van der Waals surface area (Å²) >= 11 is 0. The van der Waals surface area contributed by atoms with Crippen LogP contribution in [0.2, 0.25) is 0 Å². The SMILES string of the molecule is CCCOC(=O)Cn1c(=O)oc2cc(S(=O)(=O)Nc3ccc(C#N)cc3)ccc21. The van der Waals surface area contributed by atoms with Crippen LogP contribution >= 0.6 is 0 Å². The minimum Gasteiger partial charge on any atom is -0.464 e. The van der Waals surface area contributed by atoms with Crippen molar-refractivity contribution in [3.63, 3.8) is 0 Å². The second-order valence-corrected chi connectivity index (χ2v) is 7.78. The van der Waals surface area contributed by atoms with Crippen LogP contribution in [-0.2, 0) is 26.1 Å². The van der Waals surface area contributed by atoms with Crippen LogP contribution in [0.1, 0.15) is 18.9 Å². The highest BCUT2D eigenvalue weighted by Gasteiger charge is 2.19. The number of aromatic nitrogens is 1. The molecule has 1 N–H and O–H groups in total. The Kier molecular flexibility index (Phi) is 5.70. The van der Waals surface area contributed by atoms with Crippen LogP contribution in [0.25, 0.3) is 11.1 Å². The van der Waals surface area contributed by atoms with Gasteiger partial charge in [-0.3, -0.25) is 14.1 Å². The Morgan fingerprint density at radius 2 is 1.97 bits per heavy atom. The van der Waals surface area contributed by atoms with Crippen molar-refractivity contribution in [3.05, 3.63) is 58.6 Å². The van der Waals surface area contributed by atoms with Crippen molar-refractivity contribution in [2.45, 2.75) is 24.8 Å². The number of esters is 1. The molecule has 0 radical (unpaired) electrons. The molecule has 0 saturated carbocycles. The zero-order chi connectivity index (χ0) is 21.0. The molecule has 0 bridgehead atoms. The van der Waals surface area contributed by atoms with Crippen LogP contribution in [0.15, 0.2) is 56.6 Å². The van der Waals surface area contributed by atoms with Gasteiger partial charge in [-0.2, -0.15) is 5.26 Å². The molecule has 0 aliphatic rings. The van der Waals surface area contributed by atoms with Crippen molar-refractivity contribution in [2.24, 2.45) is 0 Å². The lowest BCUT2D eigenvalue weighted by Gasteiger charge is -2.08. The van der Waals surface area contributed by atoms with E-state index in [9.17, 15) is 18.0 Å². The van der Waals surface area contributed by atoms with Crippen LogP contribution in [0, 0.1) is 11.3 Å². The quantitative estimate of drug-likeness (QED) is 0.585. The molecule has 0 amide bonds. The summed E-state index contributed by atoms with van der Waals surface area (Å²) in [7, 11) is -3.96. The number of fused-ring (bicyclic) bond motifs is 1. The molecule has 0 fully saturated rings. The van der Waals surface area contributed by atoms with Gasteiger partial charge in [0.1, 0.15) is 6.54 Å². The Bertz CT molecular complexity index is 1250. The van der Waals surface area contributed by atoms with Crippen molar-refractivity contribution >= 4 is 32.8 Å². The van der Waals surface area contributed by atoms with E-state index in [0.717, 1.165) is 4.57 Å². The molecule has 0 aliphatic carbocycles. The first-order valence-electron chi connectivity index (χ1n) is 8.66. The second-order valence-electron chi connectivity index (χ2n) is 6.10. The molecular weight excluding hydrogens is 398 g/mol. The molecule has 0 aliphatic heterocycles. The Morgan fingerprint density at radius 3 is 2.62 bits per heavy atom. The maximum absolute atomic E-state index is 12.6. The Balaban J connectivity index is 1.88. The average molecular weight is 415 g/mol. The Hall–Kier alpha value is -3.58. The van der Waals surface area contributed by atoms with E-state index >= 15 is 0 Å². The summed E-state index contributed by atoms with van der Waals surface area (Å²) in [5.41, 5.74) is 0.985. The number of sulfonamides is 1. The topological polar surface area (TPSA) is 131 Å². The highest BCUT2D eigenvalue weighted by molar-refractivity contribution is 7.92. The average Bonchev–Trinajstić information content (AvgIpc) is 3.01. The molecule has 0 saturated heterocycles. The first kappa shape index (κ1) is 20.2. The lowest BCUT2D eigenvalue weighted by molar-refractivity contribution is -0.144. The standard InChI is InChI=1S/C19H17N3O6S/c1-2-9-27-18(23)12-22-16-8-7-15(10-17(16)28-19(22)24)29(25,26)21-14-5-3-13(11-20)4-6-14/h3-8,10,21H,2,9,12H2,1H3. The number of hydrogen-bond donors (Lipinski definition) is 1. The third kappa shape index (κ3) is 4.47. The zero-order valence-corrected chi connectivity index (χ0v) is 16.2. The van der Waals surface area contributed by atoms with E-state index in [-0.39, 0.29) is 34.8 Å². The molecule has 29 heavy (non-hydrogen) atoms. The number of nitrogens with zero attached hydrogens (tertiary/aromatic N) is 2. The van der Waals surface area contributed by atoms with Gasteiger partial charge in [-0.25, -0.2) is 13.2 Å². The largest absolute Gasteiger partial charge is 0.464 e. The molecule has 3 aromatic rings. The van der Waals surface area contributed by atoms with E-state index in [1.54, 1.807) is 0 Å². The van der Waals surface area contributed by atoms with Crippen LogP contribution < -0.4 is 10.5 Å². The minimum atomic E-state index is -3.96. The summed E-state index contributed by atoms with van der Waals surface area (Å²) in [6.07, 6.45) is 0.653. The van der Waals surface area contributed by atoms with Crippen LogP contribution in [0.3, 0.4) is 0 Å². The second kappa shape index (κ2) is 8.20. The molecule has 9 nitrogen and oxygen atoms in total. The monoisotopic (exact) mass is 415 g/mol. The predicted molar refractivity (Wildman–Crippen MR) is 104 cm³/mol. The smallest absolute Gasteiger partial charge is 0.420 e. The van der Waals surface area contributed by atoms with Gasteiger partial charge in [0.15, 0.2) is 5.58 Å². The molecular formula is C19H17N3O6S. The summed E-state index contributed by atoms with van der Waals surface area (Å²) < 4.78 is 38.7. The van der Waals surface area contributed by atoms with Crippen molar-refractivity contribution in [2.75, 3.05) is 11.3 Å². The van der Waals surface area contributed by atoms with Gasteiger partial charge in [0, 0.05) is 11.8 Å². The number of ether oxygens (including phenoxy) is 1. The fourth-order valence-electron chi connectivity index (χ4n) is 2.58. The van der Waals surface area contributed by atoms with Gasteiger partial charge < -0.3 is 9.15 Å². The van der Waals surface area contributed by atoms with Crippen molar-refractivity contribution in [3.8, 4) is 6.07 Å². The molecule has 10 heteroatoms. The van der Waals surface area contributed by atoms with E-state index in [0.29, 0.717) is 12.0 Å². The van der Waals surface area contributed by atoms with Gasteiger partial charge in [-0.1, -0.05) is 6.92 Å². The molecule has 150 valence electrons. The van der Waals surface area contributed by atoms with Gasteiger partial charge in [0.05, 0.1) is 28.7 Å². The van der Waals surface area contributed by atoms with Gasteiger partial charge in [0.2, 0.25) is 0 Å². The van der Waals surface area contributed by atoms with Crippen LogP contribution in [0.5, 0.6) is 0 Å². The van der Waals surface area contributed by atoms with Gasteiger partial charge in [-0.15, -0.1) is 0 Å². The molecule has 3 rings (SSSR count). The third-order valence-corrected chi connectivity index (χ3v) is 5.35. The summed E-state index contributed by atoms with van der Waals surface area (Å²) in [5, 5.41) is 8.81. The fraction of sp³-hybridized carbons (Fsp3) is 0.211. The van der Waals surface area contributed by atoms with Crippen molar-refractivity contribution in [1.82, 2.24) is 4.57 Å². The van der Waals surface area contributed by atoms with E-state index in [1.807, 2.05) is 13.0 Å². The predicted octanol–water partition coefficient (Wildman–Crippen LogP) is 2.22. The number of rotatable bonds is 7. The van der Waals surface area contributed by atoms with E-state index in [4.69, 9.17) is 14.4 Å². The molecule has 2 aromatic carbocycles. The number of carbonyl (C=O) groups excluding carboxylic acids is 1. The zero-order valence-electron chi connectivity index (χ0n) is 15.4. The lowest BCUT2D eigenvalue weighted by Crippen LogP contribution is -2.21. The minimum absolute atomic E-state index is 0.0287. The number of nitriles is 1. The number of carbonyl (C=O) groups is 1. The molecule has 0 unspecified atom stereocenters. The van der Waals surface area contributed by atoms with Gasteiger partial charge in [0.25, 0.3) is 10.0 Å². The molecule has 1 aromatic heterocycles. The summed E-state index contributed by atoms with van der Waals surface area (Å²) in [4.78, 5) is 23.7. The molecule has 0 spiro atoms. The van der Waals surface area contributed by atoms with E-state index < -0.39 is 21.7 Å². The first-order chi connectivity index (χ1) is 13.8. The third-order valence-electron chi connectivity index (χ3n) is 3.97. The summed E-state index contributed by atoms with van der Waals surface area (Å²) in [6.45, 7) is 1.76. The van der Waals surface area contributed by atoms with E-state index in [1.165, 1.54) is 42.5 Å². The normalized spacial score (nSPS) is 11.2. The number of benzene rings is 2. The fourth-order valence-corrected chi connectivity index (χ4v) is 3.65. The number of anilines is 1. The maximum Gasteiger partial charge on any atom is 0.420 e. The molecule has 0 atom stereocenters. The highest BCUT2D eigenvalue weighted by atomic mass is 32.2. The number of oxazole rings is 1. The summed E-state index contributed by atoms with van der Waals surface area (Å²) in [5.74, 6) is -1.38. The maximum atomic E-state index is 12.6. The highest BCUT2D eigenvalue weighted by Crippen LogP contribution is 2.21. The Morgan fingerprint density at radius 1 is 1.24 bits per heavy atom. The van der Waals surface area contributed by atoms with Crippen molar-refractivity contribution < 1.29 is 22.4 Å². The van der Waals surface area contributed by atoms with Crippen LogP contribution in [0.4, 0.5) is 5.69 Å². The molecule has 1 heterocycles. The number of hydrogen-bond acceptors (Lipinski definition) is 7. The van der Waals surface area contributed by atoms with E-state index in [2.05, 4.69) is 4.72 Å². The lowest BCUT2D eigenvalue weighted by atomic mass is 10.2. The Labute approximate surface area is 166 Å². The first-order valence-corrected chi connectivity index (χ1v) is 10.1. The van der Waals surface area contributed by atoms with Crippen LogP contribution in [-0.4, -0.2) is 25.6 Å². The van der Waals surface area contributed by atoms with Gasteiger partial charge in [-0.05, 0) is 42.8 Å². The summed E-state index contributed by atoms with van der Waals surface area (Å²) in [6, 6.07) is 11.7.